The molecule has 0 amide bonds. The zero-order valence-corrected chi connectivity index (χ0v) is 12.3. The molecule has 0 radical (unpaired) electrons. The van der Waals surface area contributed by atoms with Crippen molar-refractivity contribution in [2.24, 2.45) is 5.73 Å². The highest BCUT2D eigenvalue weighted by atomic mass is 32.2. The SMILES string of the molecule is Cc1ccccc1-c1noc(CSCC(C)(C)N)n1. The molecule has 0 spiro atoms. The van der Waals surface area contributed by atoms with E-state index in [4.69, 9.17) is 10.3 Å². The number of rotatable bonds is 5. The highest BCUT2D eigenvalue weighted by Crippen LogP contribution is 2.22. The topological polar surface area (TPSA) is 64.9 Å². The molecule has 0 saturated carbocycles. The monoisotopic (exact) mass is 277 g/mol. The normalized spacial score (nSPS) is 11.8. The summed E-state index contributed by atoms with van der Waals surface area (Å²) in [5.74, 6) is 2.85. The molecule has 5 heteroatoms. The predicted octanol–water partition coefficient (Wildman–Crippen LogP) is 3.02. The van der Waals surface area contributed by atoms with Gasteiger partial charge in [-0.15, -0.1) is 0 Å². The van der Waals surface area contributed by atoms with Gasteiger partial charge in [-0.1, -0.05) is 29.4 Å². The van der Waals surface area contributed by atoms with Crippen molar-refractivity contribution in [3.8, 4) is 11.4 Å². The molecule has 0 aliphatic rings. The Labute approximate surface area is 117 Å². The van der Waals surface area contributed by atoms with E-state index in [-0.39, 0.29) is 5.54 Å². The van der Waals surface area contributed by atoms with Gasteiger partial charge in [0.25, 0.3) is 0 Å². The van der Waals surface area contributed by atoms with Crippen LogP contribution in [0.5, 0.6) is 0 Å². The van der Waals surface area contributed by atoms with E-state index in [1.807, 2.05) is 45.0 Å². The summed E-state index contributed by atoms with van der Waals surface area (Å²) in [6, 6.07) is 8.01. The van der Waals surface area contributed by atoms with Crippen molar-refractivity contribution in [1.29, 1.82) is 0 Å². The summed E-state index contributed by atoms with van der Waals surface area (Å²) in [5, 5.41) is 4.03. The van der Waals surface area contributed by atoms with Gasteiger partial charge in [0, 0.05) is 16.9 Å². The first-order chi connectivity index (χ1) is 8.96. The minimum atomic E-state index is -0.177. The van der Waals surface area contributed by atoms with Gasteiger partial charge in [-0.05, 0) is 26.3 Å². The van der Waals surface area contributed by atoms with Crippen LogP contribution in [0, 0.1) is 6.92 Å². The number of benzene rings is 1. The van der Waals surface area contributed by atoms with Crippen LogP contribution in [-0.4, -0.2) is 21.4 Å². The third-order valence-corrected chi connectivity index (χ3v) is 3.95. The van der Waals surface area contributed by atoms with Gasteiger partial charge in [-0.3, -0.25) is 0 Å². The summed E-state index contributed by atoms with van der Waals surface area (Å²) < 4.78 is 5.27. The molecule has 102 valence electrons. The van der Waals surface area contributed by atoms with Gasteiger partial charge in [0.15, 0.2) is 0 Å². The van der Waals surface area contributed by atoms with Gasteiger partial charge in [0.05, 0.1) is 5.75 Å². The van der Waals surface area contributed by atoms with Crippen LogP contribution >= 0.6 is 11.8 Å². The van der Waals surface area contributed by atoms with E-state index in [9.17, 15) is 0 Å². The first-order valence-electron chi connectivity index (χ1n) is 6.21. The maximum absolute atomic E-state index is 5.93. The molecule has 0 atom stereocenters. The van der Waals surface area contributed by atoms with Gasteiger partial charge in [-0.25, -0.2) is 0 Å². The zero-order valence-electron chi connectivity index (χ0n) is 11.5. The van der Waals surface area contributed by atoms with Crippen molar-refractivity contribution >= 4 is 11.8 Å². The average molecular weight is 277 g/mol. The van der Waals surface area contributed by atoms with Crippen LogP contribution in [0.25, 0.3) is 11.4 Å². The zero-order chi connectivity index (χ0) is 13.9. The van der Waals surface area contributed by atoms with Crippen molar-refractivity contribution < 1.29 is 4.52 Å². The Hall–Kier alpha value is -1.33. The van der Waals surface area contributed by atoms with Crippen LogP contribution in [0.3, 0.4) is 0 Å². The van der Waals surface area contributed by atoms with Crippen molar-refractivity contribution in [2.75, 3.05) is 5.75 Å². The van der Waals surface area contributed by atoms with Crippen molar-refractivity contribution in [3.05, 3.63) is 35.7 Å². The summed E-state index contributed by atoms with van der Waals surface area (Å²) in [6.45, 7) is 6.05. The Morgan fingerprint density at radius 3 is 2.74 bits per heavy atom. The number of nitrogens with two attached hydrogens (primary N) is 1. The molecule has 4 nitrogen and oxygen atoms in total. The molecule has 1 aromatic heterocycles. The van der Waals surface area contributed by atoms with E-state index in [0.717, 1.165) is 16.9 Å². The second-order valence-electron chi connectivity index (χ2n) is 5.31. The second-order valence-corrected chi connectivity index (χ2v) is 6.29. The highest BCUT2D eigenvalue weighted by molar-refractivity contribution is 7.98. The maximum atomic E-state index is 5.93. The molecule has 2 rings (SSSR count). The van der Waals surface area contributed by atoms with E-state index >= 15 is 0 Å². The van der Waals surface area contributed by atoms with Crippen LogP contribution < -0.4 is 5.73 Å². The fraction of sp³-hybridized carbons (Fsp3) is 0.429. The molecule has 0 unspecified atom stereocenters. The van der Waals surface area contributed by atoms with Crippen molar-refractivity contribution in [2.45, 2.75) is 32.1 Å². The molecule has 0 aliphatic heterocycles. The van der Waals surface area contributed by atoms with E-state index in [1.165, 1.54) is 0 Å². The molecular formula is C14H19N3OS. The Kier molecular flexibility index (Phi) is 4.27. The molecule has 2 N–H and O–H groups in total. The van der Waals surface area contributed by atoms with Gasteiger partial charge in [-0.2, -0.15) is 16.7 Å². The van der Waals surface area contributed by atoms with Crippen LogP contribution in [0.15, 0.2) is 28.8 Å². The molecule has 1 heterocycles. The number of hydrogen-bond acceptors (Lipinski definition) is 5. The van der Waals surface area contributed by atoms with Gasteiger partial charge in [0.1, 0.15) is 0 Å². The lowest BCUT2D eigenvalue weighted by atomic mass is 10.1. The lowest BCUT2D eigenvalue weighted by molar-refractivity contribution is 0.391. The van der Waals surface area contributed by atoms with Crippen LogP contribution in [0.1, 0.15) is 25.3 Å². The first-order valence-corrected chi connectivity index (χ1v) is 7.36. The van der Waals surface area contributed by atoms with Crippen LogP contribution in [0.2, 0.25) is 0 Å². The largest absolute Gasteiger partial charge is 0.338 e. The second kappa shape index (κ2) is 5.75. The quantitative estimate of drug-likeness (QED) is 0.910. The van der Waals surface area contributed by atoms with E-state index in [0.29, 0.717) is 17.5 Å². The lowest BCUT2D eigenvalue weighted by Gasteiger charge is -2.16. The molecule has 0 aliphatic carbocycles. The third kappa shape index (κ3) is 4.08. The lowest BCUT2D eigenvalue weighted by Crippen LogP contribution is -2.34. The third-order valence-electron chi connectivity index (χ3n) is 2.55. The molecule has 0 fully saturated rings. The molecule has 0 bridgehead atoms. The van der Waals surface area contributed by atoms with Crippen LogP contribution in [-0.2, 0) is 5.75 Å². The van der Waals surface area contributed by atoms with Crippen molar-refractivity contribution in [1.82, 2.24) is 10.1 Å². The molecule has 0 saturated heterocycles. The summed E-state index contributed by atoms with van der Waals surface area (Å²) in [7, 11) is 0. The van der Waals surface area contributed by atoms with Gasteiger partial charge < -0.3 is 10.3 Å². The number of hydrogen-bond donors (Lipinski definition) is 1. The fourth-order valence-electron chi connectivity index (χ4n) is 1.65. The minimum Gasteiger partial charge on any atom is -0.338 e. The van der Waals surface area contributed by atoms with Crippen LogP contribution in [0.4, 0.5) is 0 Å². The van der Waals surface area contributed by atoms with Gasteiger partial charge >= 0.3 is 0 Å². The first kappa shape index (κ1) is 14.1. The molecule has 1 aromatic carbocycles. The number of aryl methyl sites for hydroxylation is 1. The summed E-state index contributed by atoms with van der Waals surface area (Å²) >= 11 is 1.70. The molecule has 2 aromatic rings. The number of aromatic nitrogens is 2. The fourth-order valence-corrected chi connectivity index (χ4v) is 2.57. The molecular weight excluding hydrogens is 258 g/mol. The maximum Gasteiger partial charge on any atom is 0.236 e. The standard InChI is InChI=1S/C14H19N3OS/c1-10-6-4-5-7-11(10)13-16-12(18-17-13)8-19-9-14(2,3)15/h4-7H,8-9,15H2,1-3H3. The van der Waals surface area contributed by atoms with E-state index in [1.54, 1.807) is 11.8 Å². The Morgan fingerprint density at radius 2 is 2.05 bits per heavy atom. The Bertz CT molecular complexity index is 546. The van der Waals surface area contributed by atoms with Crippen molar-refractivity contribution in [3.63, 3.8) is 0 Å². The van der Waals surface area contributed by atoms with E-state index in [2.05, 4.69) is 10.1 Å². The predicted molar refractivity (Wildman–Crippen MR) is 78.9 cm³/mol. The summed E-state index contributed by atoms with van der Waals surface area (Å²) in [6.07, 6.45) is 0. The Morgan fingerprint density at radius 1 is 1.32 bits per heavy atom. The summed E-state index contributed by atoms with van der Waals surface area (Å²) in [5.41, 5.74) is 7.91. The minimum absolute atomic E-state index is 0.177. The van der Waals surface area contributed by atoms with Gasteiger partial charge in [0.2, 0.25) is 11.7 Å². The smallest absolute Gasteiger partial charge is 0.236 e. The number of nitrogens with zero attached hydrogens (tertiary/aromatic N) is 2. The average Bonchev–Trinajstić information content (AvgIpc) is 2.76. The van der Waals surface area contributed by atoms with E-state index < -0.39 is 0 Å². The summed E-state index contributed by atoms with van der Waals surface area (Å²) in [4.78, 5) is 4.42. The molecule has 19 heavy (non-hydrogen) atoms. The number of thioether (sulfide) groups is 1. The highest BCUT2D eigenvalue weighted by Gasteiger charge is 2.13. The Balaban J connectivity index is 2.02.